The van der Waals surface area contributed by atoms with Gasteiger partial charge in [0, 0.05) is 22.5 Å². The maximum atomic E-state index is 2.49. The SMILES string of the molecule is C/C=C\C=C(/CC)N(c1ccc(-c2cccc3c2-c2ccccc2C32C3=C(C=CCC3)C(c3ccccc3)(c3ccccc3)c3ccccc32)cc1)c1ccc2c(c1)C(C)(C)c1ccccc1-2.CC. The molecule has 1 nitrogen and oxygen atoms in total. The summed E-state index contributed by atoms with van der Waals surface area (Å²) >= 11 is 0. The second-order valence-corrected chi connectivity index (χ2v) is 19.2. The number of hydrogen-bond acceptors (Lipinski definition) is 1. The van der Waals surface area contributed by atoms with E-state index < -0.39 is 10.8 Å². The molecule has 1 atom stereocenters. The molecule has 0 amide bonds. The van der Waals surface area contributed by atoms with Gasteiger partial charge in [-0.1, -0.05) is 229 Å². The van der Waals surface area contributed by atoms with Crippen molar-refractivity contribution in [3.63, 3.8) is 0 Å². The van der Waals surface area contributed by atoms with E-state index in [4.69, 9.17) is 0 Å². The summed E-state index contributed by atoms with van der Waals surface area (Å²) in [4.78, 5) is 2.47. The third-order valence-corrected chi connectivity index (χ3v) is 15.6. The molecule has 0 bridgehead atoms. The van der Waals surface area contributed by atoms with Gasteiger partial charge in [-0.3, -0.25) is 0 Å². The fourth-order valence-corrected chi connectivity index (χ4v) is 12.9. The van der Waals surface area contributed by atoms with Crippen molar-refractivity contribution in [2.45, 2.75) is 77.0 Å². The normalized spacial score (nSPS) is 17.6. The van der Waals surface area contributed by atoms with Gasteiger partial charge in [-0.05, 0) is 146 Å². The number of fused-ring (bicyclic) bond motifs is 11. The minimum absolute atomic E-state index is 0.0909. The van der Waals surface area contributed by atoms with Gasteiger partial charge in [-0.2, -0.15) is 0 Å². The highest BCUT2D eigenvalue weighted by molar-refractivity contribution is 5.97. The van der Waals surface area contributed by atoms with Gasteiger partial charge >= 0.3 is 0 Å². The van der Waals surface area contributed by atoms with Crippen molar-refractivity contribution in [1.82, 2.24) is 0 Å². The van der Waals surface area contributed by atoms with Crippen LogP contribution >= 0.6 is 0 Å². The smallest absolute Gasteiger partial charge is 0.0704 e. The van der Waals surface area contributed by atoms with E-state index in [0.717, 1.165) is 24.9 Å². The van der Waals surface area contributed by atoms with Crippen molar-refractivity contribution >= 4 is 11.4 Å². The molecule has 0 fully saturated rings. The van der Waals surface area contributed by atoms with Gasteiger partial charge in [0.25, 0.3) is 0 Å². The minimum Gasteiger partial charge on any atom is -0.314 e. The summed E-state index contributed by atoms with van der Waals surface area (Å²) < 4.78 is 0. The summed E-state index contributed by atoms with van der Waals surface area (Å²) in [6, 6.07) is 73.8. The number of allylic oxidation sites excluding steroid dienone is 8. The van der Waals surface area contributed by atoms with Crippen LogP contribution in [0, 0.1) is 0 Å². The second kappa shape index (κ2) is 17.6. The van der Waals surface area contributed by atoms with Crippen molar-refractivity contribution in [3.05, 3.63) is 286 Å². The lowest BCUT2D eigenvalue weighted by molar-refractivity contribution is 0.584. The van der Waals surface area contributed by atoms with Crippen LogP contribution in [0.4, 0.5) is 11.4 Å². The molecule has 0 aliphatic heterocycles. The van der Waals surface area contributed by atoms with E-state index in [2.05, 4.69) is 257 Å². The van der Waals surface area contributed by atoms with Crippen molar-refractivity contribution in [1.29, 1.82) is 0 Å². The van der Waals surface area contributed by atoms with Gasteiger partial charge in [0.2, 0.25) is 0 Å². The molecular formula is C68H61N. The number of anilines is 2. The van der Waals surface area contributed by atoms with Gasteiger partial charge in [0.1, 0.15) is 0 Å². The molecule has 69 heavy (non-hydrogen) atoms. The first-order valence-corrected chi connectivity index (χ1v) is 25.3. The first kappa shape index (κ1) is 44.1. The molecule has 4 aliphatic carbocycles. The lowest BCUT2D eigenvalue weighted by Crippen LogP contribution is -2.45. The van der Waals surface area contributed by atoms with E-state index in [1.54, 1.807) is 0 Å². The highest BCUT2D eigenvalue weighted by atomic mass is 15.1. The van der Waals surface area contributed by atoms with E-state index >= 15 is 0 Å². The van der Waals surface area contributed by atoms with Crippen LogP contribution in [-0.4, -0.2) is 0 Å². The number of benzene rings is 8. The van der Waals surface area contributed by atoms with E-state index in [-0.39, 0.29) is 5.41 Å². The van der Waals surface area contributed by atoms with Crippen molar-refractivity contribution in [2.24, 2.45) is 0 Å². The average Bonchev–Trinajstić information content (AvgIpc) is 3.84. The Morgan fingerprint density at radius 1 is 0.522 bits per heavy atom. The van der Waals surface area contributed by atoms with Crippen molar-refractivity contribution in [3.8, 4) is 33.4 Å². The minimum atomic E-state index is -0.481. The Hall–Kier alpha value is -7.48. The largest absolute Gasteiger partial charge is 0.314 e. The second-order valence-electron chi connectivity index (χ2n) is 19.2. The Bertz CT molecular complexity index is 3320. The zero-order valence-electron chi connectivity index (χ0n) is 40.9. The maximum absolute atomic E-state index is 2.49. The van der Waals surface area contributed by atoms with Crippen LogP contribution in [-0.2, 0) is 16.2 Å². The third-order valence-electron chi connectivity index (χ3n) is 15.6. The van der Waals surface area contributed by atoms with Crippen LogP contribution in [0.25, 0.3) is 33.4 Å². The van der Waals surface area contributed by atoms with E-state index in [1.165, 1.54) is 100 Å². The highest BCUT2D eigenvalue weighted by Crippen LogP contribution is 2.67. The Kier molecular flexibility index (Phi) is 11.2. The third kappa shape index (κ3) is 6.43. The summed E-state index contributed by atoms with van der Waals surface area (Å²) in [6.07, 6.45) is 14.4. The first-order chi connectivity index (χ1) is 33.9. The van der Waals surface area contributed by atoms with E-state index in [9.17, 15) is 0 Å². The topological polar surface area (TPSA) is 3.24 Å². The lowest BCUT2D eigenvalue weighted by Gasteiger charge is -2.51. The van der Waals surface area contributed by atoms with Crippen molar-refractivity contribution in [2.75, 3.05) is 4.90 Å². The van der Waals surface area contributed by atoms with Gasteiger partial charge in [0.05, 0.1) is 10.8 Å². The number of rotatable bonds is 8. The molecule has 8 aromatic carbocycles. The van der Waals surface area contributed by atoms with Gasteiger partial charge in [-0.15, -0.1) is 0 Å². The van der Waals surface area contributed by atoms with Crippen LogP contribution in [0.5, 0.6) is 0 Å². The van der Waals surface area contributed by atoms with Crippen molar-refractivity contribution < 1.29 is 0 Å². The molecule has 4 aliphatic rings. The van der Waals surface area contributed by atoms with Crippen LogP contribution < -0.4 is 4.90 Å². The molecule has 1 heteroatoms. The molecule has 8 aromatic rings. The average molecular weight is 892 g/mol. The molecule has 0 aromatic heterocycles. The molecule has 1 unspecified atom stereocenters. The summed E-state index contributed by atoms with van der Waals surface area (Å²) in [6.45, 7) is 13.1. The molecule has 0 saturated carbocycles. The Labute approximate surface area is 410 Å². The number of nitrogens with zero attached hydrogens (tertiary/aromatic N) is 1. The fourth-order valence-electron chi connectivity index (χ4n) is 12.9. The lowest BCUT2D eigenvalue weighted by atomic mass is 9.50. The van der Waals surface area contributed by atoms with Crippen LogP contribution in [0.1, 0.15) is 105 Å². The summed E-state index contributed by atoms with van der Waals surface area (Å²) in [5.74, 6) is 0. The Balaban J connectivity index is 0.00000257. The van der Waals surface area contributed by atoms with Crippen LogP contribution in [0.15, 0.2) is 241 Å². The predicted octanol–water partition coefficient (Wildman–Crippen LogP) is 18.0. The maximum Gasteiger partial charge on any atom is 0.0704 e. The van der Waals surface area contributed by atoms with Crippen LogP contribution in [0.2, 0.25) is 0 Å². The van der Waals surface area contributed by atoms with Gasteiger partial charge in [0.15, 0.2) is 0 Å². The zero-order valence-corrected chi connectivity index (χ0v) is 40.9. The molecule has 0 radical (unpaired) electrons. The molecular weight excluding hydrogens is 831 g/mol. The molecule has 0 heterocycles. The van der Waals surface area contributed by atoms with Gasteiger partial charge < -0.3 is 4.90 Å². The van der Waals surface area contributed by atoms with Crippen LogP contribution in [0.3, 0.4) is 0 Å². The Morgan fingerprint density at radius 2 is 1.07 bits per heavy atom. The molecule has 12 rings (SSSR count). The summed E-state index contributed by atoms with van der Waals surface area (Å²) in [5, 5.41) is 0. The molecule has 1 spiro atoms. The van der Waals surface area contributed by atoms with E-state index in [1.807, 2.05) is 13.8 Å². The predicted molar refractivity (Wildman–Crippen MR) is 292 cm³/mol. The Morgan fingerprint density at radius 3 is 1.74 bits per heavy atom. The first-order valence-electron chi connectivity index (χ1n) is 25.3. The zero-order chi connectivity index (χ0) is 47.3. The molecule has 338 valence electrons. The fraction of sp³-hybridized carbons (Fsp3) is 0.176. The van der Waals surface area contributed by atoms with E-state index in [0.29, 0.717) is 0 Å². The monoisotopic (exact) mass is 891 g/mol. The summed E-state index contributed by atoms with van der Waals surface area (Å²) in [7, 11) is 0. The molecule has 0 N–H and O–H groups in total. The summed E-state index contributed by atoms with van der Waals surface area (Å²) in [5.41, 5.74) is 24.2. The molecule has 0 saturated heterocycles. The van der Waals surface area contributed by atoms with Gasteiger partial charge in [-0.25, -0.2) is 0 Å². The highest BCUT2D eigenvalue weighted by Gasteiger charge is 2.57. The number of hydrogen-bond donors (Lipinski definition) is 0. The quantitative estimate of drug-likeness (QED) is 0.137. The standard InChI is InChI=1S/C66H55N.C2H6/c1-5-7-27-48(6-2)67(50-42-43-53-52-28-14-16-31-55(52)64(3,4)62(53)44-50)49-40-38-45(39-41-49)51-30-22-37-61-63(51)54-29-15-17-32-56(54)66(61)59-35-20-18-33-57(59)65(46-23-10-8-11-24-46,47-25-12-9-13-26-47)58-34-19-21-36-60(58)66;1-2/h5,7-20,22-35,37-44H,6,21,36H2,1-4H3;1-2H3/b7-5-,48-27+;.